The second kappa shape index (κ2) is 7.27. The van der Waals surface area contributed by atoms with Crippen LogP contribution in [0.15, 0.2) is 65.5 Å². The molecule has 0 saturated carbocycles. The van der Waals surface area contributed by atoms with E-state index < -0.39 is 0 Å². The van der Waals surface area contributed by atoms with Crippen LogP contribution in [0.25, 0.3) is 5.69 Å². The third-order valence-electron chi connectivity index (χ3n) is 3.33. The zero-order chi connectivity index (χ0) is 16.9. The molecule has 0 radical (unpaired) electrons. The molecule has 0 aliphatic carbocycles. The number of aromatic nitrogens is 2. The number of benzene rings is 2. The van der Waals surface area contributed by atoms with Crippen LogP contribution in [0.1, 0.15) is 5.69 Å². The summed E-state index contributed by atoms with van der Waals surface area (Å²) in [4.78, 5) is 16.1. The molecule has 0 unspecified atom stereocenters. The lowest BCUT2D eigenvalue weighted by molar-refractivity contribution is 0.251. The summed E-state index contributed by atoms with van der Waals surface area (Å²) in [5, 5.41) is 5.40. The number of nitrogens with zero attached hydrogens (tertiary/aromatic N) is 2. The van der Waals surface area contributed by atoms with E-state index in [-0.39, 0.29) is 11.8 Å². The van der Waals surface area contributed by atoms with E-state index in [1.54, 1.807) is 12.5 Å². The molecule has 0 fully saturated rings. The molecule has 3 rings (SSSR count). The molecule has 2 N–H and O–H groups in total. The molecular weight excluding hydrogens is 375 g/mol. The van der Waals surface area contributed by atoms with E-state index in [4.69, 9.17) is 0 Å². The van der Waals surface area contributed by atoms with Crippen LogP contribution in [0.5, 0.6) is 0 Å². The van der Waals surface area contributed by atoms with Crippen molar-refractivity contribution < 1.29 is 9.18 Å². The number of hydrogen-bond acceptors (Lipinski definition) is 2. The molecule has 2 amide bonds. The topological polar surface area (TPSA) is 59.0 Å². The highest BCUT2D eigenvalue weighted by Crippen LogP contribution is 2.17. The molecule has 3 aromatic rings. The Morgan fingerprint density at radius 1 is 1.21 bits per heavy atom. The number of anilines is 1. The first-order chi connectivity index (χ1) is 11.6. The summed E-state index contributed by atoms with van der Waals surface area (Å²) in [6.45, 7) is 0.305. The van der Waals surface area contributed by atoms with Gasteiger partial charge in [0, 0.05) is 15.8 Å². The van der Waals surface area contributed by atoms with Crippen LogP contribution >= 0.6 is 15.9 Å². The maximum atomic E-state index is 12.9. The van der Waals surface area contributed by atoms with Gasteiger partial charge in [-0.05, 0) is 42.5 Å². The van der Waals surface area contributed by atoms with Crippen LogP contribution in [0, 0.1) is 5.82 Å². The molecule has 5 nitrogen and oxygen atoms in total. The molecule has 0 saturated heterocycles. The molecule has 0 aliphatic rings. The smallest absolute Gasteiger partial charge is 0.319 e. The summed E-state index contributed by atoms with van der Waals surface area (Å²) in [6, 6.07) is 13.0. The summed E-state index contributed by atoms with van der Waals surface area (Å²) < 4.78 is 15.7. The van der Waals surface area contributed by atoms with Crippen molar-refractivity contribution in [3.63, 3.8) is 0 Å². The van der Waals surface area contributed by atoms with Gasteiger partial charge in [0.15, 0.2) is 0 Å². The Labute approximate surface area is 146 Å². The van der Waals surface area contributed by atoms with Crippen molar-refractivity contribution in [3.05, 3.63) is 77.0 Å². The molecule has 0 spiro atoms. The molecular formula is C17H14BrFN4O. The normalized spacial score (nSPS) is 10.4. The Morgan fingerprint density at radius 3 is 2.75 bits per heavy atom. The van der Waals surface area contributed by atoms with Crippen LogP contribution in [0.2, 0.25) is 0 Å². The van der Waals surface area contributed by atoms with Gasteiger partial charge in [-0.15, -0.1) is 0 Å². The number of amides is 2. The van der Waals surface area contributed by atoms with E-state index in [0.29, 0.717) is 12.2 Å². The Hall–Kier alpha value is -2.67. The highest BCUT2D eigenvalue weighted by Gasteiger charge is 2.07. The van der Waals surface area contributed by atoms with Gasteiger partial charge in [-0.1, -0.05) is 22.0 Å². The lowest BCUT2D eigenvalue weighted by Crippen LogP contribution is -2.28. The average molecular weight is 389 g/mol. The largest absolute Gasteiger partial charge is 0.332 e. The Bertz CT molecular complexity index is 848. The first-order valence-corrected chi connectivity index (χ1v) is 7.99. The first-order valence-electron chi connectivity index (χ1n) is 7.19. The number of rotatable bonds is 4. The molecule has 1 aromatic heterocycles. The predicted molar refractivity (Wildman–Crippen MR) is 93.5 cm³/mol. The van der Waals surface area contributed by atoms with Crippen molar-refractivity contribution in [1.29, 1.82) is 0 Å². The minimum Gasteiger partial charge on any atom is -0.332 e. The zero-order valence-corrected chi connectivity index (χ0v) is 14.1. The first kappa shape index (κ1) is 16.2. The number of urea groups is 1. The van der Waals surface area contributed by atoms with Gasteiger partial charge in [0.1, 0.15) is 5.82 Å². The standard InChI is InChI=1S/C17H14BrFN4O/c18-12-2-1-3-15(8-12)23-11-20-9-16(23)10-21-17(24)22-14-6-4-13(19)5-7-14/h1-9,11H,10H2,(H2,21,22,24). The van der Waals surface area contributed by atoms with Gasteiger partial charge in [-0.2, -0.15) is 0 Å². The Kier molecular flexibility index (Phi) is 4.90. The zero-order valence-electron chi connectivity index (χ0n) is 12.5. The molecule has 0 aliphatic heterocycles. The SMILES string of the molecule is O=C(NCc1cncn1-c1cccc(Br)c1)Nc1ccc(F)cc1. The van der Waals surface area contributed by atoms with Gasteiger partial charge < -0.3 is 15.2 Å². The summed E-state index contributed by atoms with van der Waals surface area (Å²) in [7, 11) is 0. The second-order valence-corrected chi connectivity index (χ2v) is 5.97. The highest BCUT2D eigenvalue weighted by molar-refractivity contribution is 9.10. The summed E-state index contributed by atoms with van der Waals surface area (Å²) in [5.74, 6) is -0.348. The van der Waals surface area contributed by atoms with Crippen molar-refractivity contribution in [2.24, 2.45) is 0 Å². The van der Waals surface area contributed by atoms with Crippen LogP contribution in [0.4, 0.5) is 14.9 Å². The van der Waals surface area contributed by atoms with E-state index >= 15 is 0 Å². The number of nitrogens with one attached hydrogen (secondary N) is 2. The van der Waals surface area contributed by atoms with Crippen LogP contribution in [-0.2, 0) is 6.54 Å². The highest BCUT2D eigenvalue weighted by atomic mass is 79.9. The van der Waals surface area contributed by atoms with Crippen LogP contribution in [0.3, 0.4) is 0 Å². The lowest BCUT2D eigenvalue weighted by atomic mass is 10.3. The minimum absolute atomic E-state index is 0.305. The fourth-order valence-electron chi connectivity index (χ4n) is 2.19. The fraction of sp³-hybridized carbons (Fsp3) is 0.0588. The van der Waals surface area contributed by atoms with Gasteiger partial charge in [-0.25, -0.2) is 14.2 Å². The molecule has 0 bridgehead atoms. The van der Waals surface area contributed by atoms with Crippen molar-refractivity contribution >= 4 is 27.6 Å². The number of halogens is 2. The van der Waals surface area contributed by atoms with E-state index in [1.807, 2.05) is 28.8 Å². The minimum atomic E-state index is -0.372. The van der Waals surface area contributed by atoms with Crippen molar-refractivity contribution in [1.82, 2.24) is 14.9 Å². The molecule has 7 heteroatoms. The van der Waals surface area contributed by atoms with Gasteiger partial charge in [-0.3, -0.25) is 0 Å². The number of carbonyl (C=O) groups is 1. The third-order valence-corrected chi connectivity index (χ3v) is 3.83. The van der Waals surface area contributed by atoms with Crippen molar-refractivity contribution in [3.8, 4) is 5.69 Å². The molecule has 0 atom stereocenters. The van der Waals surface area contributed by atoms with Crippen LogP contribution in [-0.4, -0.2) is 15.6 Å². The second-order valence-electron chi connectivity index (χ2n) is 5.05. The maximum absolute atomic E-state index is 12.9. The maximum Gasteiger partial charge on any atom is 0.319 e. The average Bonchev–Trinajstić information content (AvgIpc) is 3.04. The number of hydrogen-bond donors (Lipinski definition) is 2. The monoisotopic (exact) mass is 388 g/mol. The summed E-state index contributed by atoms with van der Waals surface area (Å²) in [5.41, 5.74) is 2.30. The van der Waals surface area contributed by atoms with Crippen LogP contribution < -0.4 is 10.6 Å². The Morgan fingerprint density at radius 2 is 2.00 bits per heavy atom. The molecule has 1 heterocycles. The van der Waals surface area contributed by atoms with Crippen molar-refractivity contribution in [2.75, 3.05) is 5.32 Å². The third kappa shape index (κ3) is 3.99. The Balaban J connectivity index is 1.64. The predicted octanol–water partition coefficient (Wildman–Crippen LogP) is 4.10. The molecule has 122 valence electrons. The van der Waals surface area contributed by atoms with Gasteiger partial charge in [0.25, 0.3) is 0 Å². The molecule has 24 heavy (non-hydrogen) atoms. The number of carbonyl (C=O) groups excluding carboxylic acids is 1. The van der Waals surface area contributed by atoms with E-state index in [0.717, 1.165) is 15.9 Å². The van der Waals surface area contributed by atoms with Crippen molar-refractivity contribution in [2.45, 2.75) is 6.54 Å². The number of imidazole rings is 1. The summed E-state index contributed by atoms with van der Waals surface area (Å²) >= 11 is 3.44. The van der Waals surface area contributed by atoms with Gasteiger partial charge in [0.05, 0.1) is 24.8 Å². The fourth-order valence-corrected chi connectivity index (χ4v) is 2.58. The summed E-state index contributed by atoms with van der Waals surface area (Å²) in [6.07, 6.45) is 3.38. The van der Waals surface area contributed by atoms with E-state index in [1.165, 1.54) is 24.3 Å². The molecule has 2 aromatic carbocycles. The van der Waals surface area contributed by atoms with E-state index in [9.17, 15) is 9.18 Å². The quantitative estimate of drug-likeness (QED) is 0.706. The van der Waals surface area contributed by atoms with Gasteiger partial charge in [0.2, 0.25) is 0 Å². The lowest BCUT2D eigenvalue weighted by Gasteiger charge is -2.10. The van der Waals surface area contributed by atoms with E-state index in [2.05, 4.69) is 31.5 Å². The van der Waals surface area contributed by atoms with Gasteiger partial charge >= 0.3 is 6.03 Å².